The Bertz CT molecular complexity index is 262. The van der Waals surface area contributed by atoms with E-state index in [0.29, 0.717) is 5.92 Å². The van der Waals surface area contributed by atoms with Gasteiger partial charge in [0.1, 0.15) is 0 Å². The zero-order valence-corrected chi connectivity index (χ0v) is 9.02. The quantitative estimate of drug-likeness (QED) is 0.493. The van der Waals surface area contributed by atoms with Crippen LogP contribution in [0, 0.1) is 23.2 Å². The van der Waals surface area contributed by atoms with Gasteiger partial charge in [0.25, 0.3) is 0 Å². The Morgan fingerprint density at radius 1 is 1.64 bits per heavy atom. The van der Waals surface area contributed by atoms with E-state index in [0.717, 1.165) is 12.3 Å². The monoisotopic (exact) mass is 275 g/mol. The minimum absolute atomic E-state index is 0.140. The molecule has 58 valence electrons. The summed E-state index contributed by atoms with van der Waals surface area (Å²) in [4.78, 5) is 0. The maximum atomic E-state index is 8.48. The van der Waals surface area contributed by atoms with E-state index in [2.05, 4.69) is 37.9 Å². The van der Waals surface area contributed by atoms with E-state index in [9.17, 15) is 0 Å². The number of halogens is 2. The molecule has 0 saturated heterocycles. The average molecular weight is 277 g/mol. The minimum atomic E-state index is 0.140. The molecule has 0 spiro atoms. The number of rotatable bonds is 0. The van der Waals surface area contributed by atoms with E-state index in [1.165, 1.54) is 12.0 Å². The van der Waals surface area contributed by atoms with Gasteiger partial charge in [0.05, 0.1) is 9.30 Å². The molecule has 0 amide bonds. The fraction of sp³-hybridized carbons (Fsp3) is 0.625. The van der Waals surface area contributed by atoms with Gasteiger partial charge in [-0.15, -0.1) is 0 Å². The summed E-state index contributed by atoms with van der Waals surface area (Å²) in [5.41, 5.74) is 1.31. The van der Waals surface area contributed by atoms with Gasteiger partial charge in [-0.2, -0.15) is 5.26 Å². The summed E-state index contributed by atoms with van der Waals surface area (Å²) in [6.07, 6.45) is 4.03. The molecule has 0 aliphatic heterocycles. The molecule has 0 aromatic carbocycles. The lowest BCUT2D eigenvalue weighted by molar-refractivity contribution is 0.785. The number of hydrogen-bond donors (Lipinski definition) is 0. The smallest absolute Gasteiger partial charge is 0.0911 e. The van der Waals surface area contributed by atoms with Gasteiger partial charge in [0, 0.05) is 12.0 Å². The Morgan fingerprint density at radius 3 is 2.82 bits per heavy atom. The maximum Gasteiger partial charge on any atom is 0.0911 e. The second-order valence-electron chi connectivity index (χ2n) is 3.15. The second-order valence-corrected chi connectivity index (χ2v) is 6.83. The fourth-order valence-corrected chi connectivity index (χ4v) is 3.93. The lowest BCUT2D eigenvalue weighted by Gasteiger charge is -2.04. The Kier molecular flexibility index (Phi) is 1.66. The molecule has 0 N–H and O–H groups in total. The third kappa shape index (κ3) is 0.996. The van der Waals surface area contributed by atoms with E-state index in [-0.39, 0.29) is 3.23 Å². The lowest BCUT2D eigenvalue weighted by atomic mass is 10.1. The van der Waals surface area contributed by atoms with Crippen LogP contribution in [0.3, 0.4) is 0 Å². The number of alkyl halides is 2. The van der Waals surface area contributed by atoms with Crippen molar-refractivity contribution in [1.29, 1.82) is 5.26 Å². The van der Waals surface area contributed by atoms with Crippen LogP contribution in [-0.2, 0) is 0 Å². The molecule has 2 atom stereocenters. The second kappa shape index (κ2) is 2.34. The van der Waals surface area contributed by atoms with Crippen LogP contribution in [0.5, 0.6) is 0 Å². The molecule has 11 heavy (non-hydrogen) atoms. The van der Waals surface area contributed by atoms with Crippen molar-refractivity contribution in [1.82, 2.24) is 0 Å². The van der Waals surface area contributed by atoms with Gasteiger partial charge in [-0.25, -0.2) is 0 Å². The van der Waals surface area contributed by atoms with Crippen molar-refractivity contribution in [2.75, 3.05) is 0 Å². The summed E-state index contributed by atoms with van der Waals surface area (Å²) >= 11 is 7.21. The zero-order valence-electron chi connectivity index (χ0n) is 5.85. The first-order valence-corrected chi connectivity index (χ1v) is 5.23. The molecule has 0 bridgehead atoms. The van der Waals surface area contributed by atoms with Crippen molar-refractivity contribution in [2.24, 2.45) is 11.8 Å². The minimum Gasteiger partial charge on any atom is -0.193 e. The molecule has 0 heterocycles. The molecule has 1 nitrogen and oxygen atoms in total. The summed E-state index contributed by atoms with van der Waals surface area (Å²) in [5.74, 6) is 1.31. The SMILES string of the molecule is N#C/C=C1\CC[C@H]2[C@@H]1C2(Br)Br. The lowest BCUT2D eigenvalue weighted by Crippen LogP contribution is -1.96. The normalized spacial score (nSPS) is 41.7. The largest absolute Gasteiger partial charge is 0.193 e. The van der Waals surface area contributed by atoms with E-state index >= 15 is 0 Å². The van der Waals surface area contributed by atoms with Crippen LogP contribution in [0.15, 0.2) is 11.6 Å². The summed E-state index contributed by atoms with van der Waals surface area (Å²) in [7, 11) is 0. The van der Waals surface area contributed by atoms with E-state index in [1.54, 1.807) is 6.08 Å². The summed E-state index contributed by atoms with van der Waals surface area (Å²) in [6.45, 7) is 0. The molecule has 0 aromatic heterocycles. The van der Waals surface area contributed by atoms with Crippen molar-refractivity contribution in [3.05, 3.63) is 11.6 Å². The van der Waals surface area contributed by atoms with Crippen LogP contribution < -0.4 is 0 Å². The third-order valence-electron chi connectivity index (χ3n) is 2.60. The highest BCUT2D eigenvalue weighted by molar-refractivity contribution is 9.25. The first-order chi connectivity index (χ1) is 5.18. The van der Waals surface area contributed by atoms with Gasteiger partial charge in [-0.05, 0) is 18.8 Å². The van der Waals surface area contributed by atoms with Crippen molar-refractivity contribution >= 4 is 31.9 Å². The van der Waals surface area contributed by atoms with Crippen LogP contribution in [-0.4, -0.2) is 3.23 Å². The average Bonchev–Trinajstić information content (AvgIpc) is 2.37. The summed E-state index contributed by atoms with van der Waals surface area (Å²) in [6, 6.07) is 2.10. The molecule has 0 unspecified atom stereocenters. The predicted octanol–water partition coefficient (Wildman–Crippen LogP) is 2.96. The number of fused-ring (bicyclic) bond motifs is 1. The third-order valence-corrected chi connectivity index (χ3v) is 4.76. The molecule has 2 aliphatic rings. The van der Waals surface area contributed by atoms with Gasteiger partial charge < -0.3 is 0 Å². The summed E-state index contributed by atoms with van der Waals surface area (Å²) in [5, 5.41) is 8.48. The van der Waals surface area contributed by atoms with Gasteiger partial charge in [0.15, 0.2) is 0 Å². The molecule has 0 aromatic rings. The van der Waals surface area contributed by atoms with Crippen LogP contribution in [0.4, 0.5) is 0 Å². The van der Waals surface area contributed by atoms with Crippen molar-refractivity contribution < 1.29 is 0 Å². The standard InChI is InChI=1S/C8H7Br2N/c9-8(10)6-2-1-5(3-4-11)7(6)8/h3,6-7H,1-2H2/b5-3+/t6-,7+/m0/s1. The highest BCUT2D eigenvalue weighted by atomic mass is 79.9. The number of nitriles is 1. The van der Waals surface area contributed by atoms with Crippen molar-refractivity contribution in [3.63, 3.8) is 0 Å². The van der Waals surface area contributed by atoms with Crippen LogP contribution in [0.2, 0.25) is 0 Å². The highest BCUT2D eigenvalue weighted by Gasteiger charge is 2.65. The van der Waals surface area contributed by atoms with Crippen molar-refractivity contribution in [3.8, 4) is 6.07 Å². The van der Waals surface area contributed by atoms with Gasteiger partial charge in [-0.1, -0.05) is 37.4 Å². The van der Waals surface area contributed by atoms with Gasteiger partial charge in [0.2, 0.25) is 0 Å². The van der Waals surface area contributed by atoms with Crippen LogP contribution in [0.1, 0.15) is 12.8 Å². The van der Waals surface area contributed by atoms with E-state index in [1.807, 2.05) is 0 Å². The van der Waals surface area contributed by atoms with Gasteiger partial charge >= 0.3 is 0 Å². The van der Waals surface area contributed by atoms with Crippen LogP contribution >= 0.6 is 31.9 Å². The van der Waals surface area contributed by atoms with Crippen LogP contribution in [0.25, 0.3) is 0 Å². The van der Waals surface area contributed by atoms with Crippen molar-refractivity contribution in [2.45, 2.75) is 16.1 Å². The molecule has 2 aliphatic carbocycles. The topological polar surface area (TPSA) is 23.8 Å². The van der Waals surface area contributed by atoms with E-state index in [4.69, 9.17) is 5.26 Å². The molecule has 2 saturated carbocycles. The molecule has 3 heteroatoms. The first kappa shape index (κ1) is 7.82. The molecular formula is C8H7Br2N. The number of allylic oxidation sites excluding steroid dienone is 2. The van der Waals surface area contributed by atoms with E-state index < -0.39 is 0 Å². The molecule has 2 rings (SSSR count). The fourth-order valence-electron chi connectivity index (χ4n) is 1.98. The highest BCUT2D eigenvalue weighted by Crippen LogP contribution is 2.71. The number of nitrogens with zero attached hydrogens (tertiary/aromatic N) is 1. The number of hydrogen-bond acceptors (Lipinski definition) is 1. The van der Waals surface area contributed by atoms with Gasteiger partial charge in [-0.3, -0.25) is 0 Å². The Balaban J connectivity index is 2.21. The summed E-state index contributed by atoms with van der Waals surface area (Å²) < 4.78 is 0.140. The Morgan fingerprint density at radius 2 is 2.36 bits per heavy atom. The first-order valence-electron chi connectivity index (χ1n) is 3.64. The molecule has 2 fully saturated rings. The zero-order chi connectivity index (χ0) is 8.06. The Hall–Kier alpha value is 0.190. The molecule has 0 radical (unpaired) electrons. The Labute approximate surface area is 82.7 Å². The molecular weight excluding hydrogens is 270 g/mol. The predicted molar refractivity (Wildman–Crippen MR) is 50.5 cm³/mol. The maximum absolute atomic E-state index is 8.48.